The molecule has 0 saturated carbocycles. The molecule has 0 aliphatic rings. The van der Waals surface area contributed by atoms with Gasteiger partial charge in [0.2, 0.25) is 0 Å². The van der Waals surface area contributed by atoms with Crippen molar-refractivity contribution in [2.24, 2.45) is 0 Å². The number of rotatable bonds is 2. The Kier molecular flexibility index (Phi) is 2.92. The molecule has 1 aromatic carbocycles. The fraction of sp³-hybridized carbons (Fsp3) is 0.333. The first-order chi connectivity index (χ1) is 6.25. The molecule has 0 aliphatic heterocycles. The number of halogens is 1. The molecule has 0 spiro atoms. The molecular weight excluding hydrogens is 268 g/mol. The van der Waals surface area contributed by atoms with Gasteiger partial charge in [-0.25, -0.2) is 8.42 Å². The highest BCUT2D eigenvalue weighted by Crippen LogP contribution is 2.31. The molecule has 78 valence electrons. The van der Waals surface area contributed by atoms with Gasteiger partial charge in [0, 0.05) is 0 Å². The van der Waals surface area contributed by atoms with Gasteiger partial charge in [0.25, 0.3) is 0 Å². The van der Waals surface area contributed by atoms with Gasteiger partial charge in [-0.3, -0.25) is 0 Å². The molecule has 0 bridgehead atoms. The molecule has 14 heavy (non-hydrogen) atoms. The van der Waals surface area contributed by atoms with Gasteiger partial charge in [-0.2, -0.15) is 0 Å². The van der Waals surface area contributed by atoms with E-state index < -0.39 is 13.5 Å². The number of phenolic OH excluding ortho intramolecular Hbond substituents is 1. The van der Waals surface area contributed by atoms with Crippen molar-refractivity contribution in [3.05, 3.63) is 24.3 Å². The van der Waals surface area contributed by atoms with Crippen LogP contribution in [0, 0.1) is 0 Å². The molecule has 5 heteroatoms. The molecule has 0 saturated heterocycles. The number of aromatic hydroxyl groups is 1. The van der Waals surface area contributed by atoms with Crippen LogP contribution in [0.2, 0.25) is 0 Å². The van der Waals surface area contributed by atoms with Crippen LogP contribution >= 0.6 is 15.9 Å². The first kappa shape index (κ1) is 11.5. The average molecular weight is 279 g/mol. The summed E-state index contributed by atoms with van der Waals surface area (Å²) in [5, 5.41) is 9.16. The molecule has 0 unspecified atom stereocenters. The van der Waals surface area contributed by atoms with Gasteiger partial charge in [0.05, 0.1) is 4.90 Å². The summed E-state index contributed by atoms with van der Waals surface area (Å²) in [6.07, 6.45) is 0. The van der Waals surface area contributed by atoms with E-state index in [2.05, 4.69) is 15.9 Å². The maximum Gasteiger partial charge on any atom is 0.193 e. The maximum absolute atomic E-state index is 11.8. The lowest BCUT2D eigenvalue weighted by molar-refractivity contribution is 0.473. The van der Waals surface area contributed by atoms with E-state index in [9.17, 15) is 8.42 Å². The lowest BCUT2D eigenvalue weighted by Crippen LogP contribution is -2.24. The number of phenols is 1. The van der Waals surface area contributed by atoms with Gasteiger partial charge in [-0.15, -0.1) is 0 Å². The lowest BCUT2D eigenvalue weighted by atomic mass is 10.3. The van der Waals surface area contributed by atoms with E-state index in [0.29, 0.717) is 0 Å². The van der Waals surface area contributed by atoms with Crippen molar-refractivity contribution in [3.63, 3.8) is 0 Å². The lowest BCUT2D eigenvalue weighted by Gasteiger charge is -2.17. The van der Waals surface area contributed by atoms with Crippen LogP contribution in [-0.2, 0) is 9.84 Å². The molecule has 0 aromatic heterocycles. The van der Waals surface area contributed by atoms with Crippen molar-refractivity contribution in [3.8, 4) is 5.75 Å². The number of hydrogen-bond donors (Lipinski definition) is 1. The fourth-order valence-corrected chi connectivity index (χ4v) is 2.59. The van der Waals surface area contributed by atoms with Crippen LogP contribution in [-0.4, -0.2) is 17.2 Å². The van der Waals surface area contributed by atoms with Gasteiger partial charge < -0.3 is 5.11 Å². The van der Waals surface area contributed by atoms with Crippen molar-refractivity contribution in [1.29, 1.82) is 0 Å². The third-order valence-electron chi connectivity index (χ3n) is 1.77. The molecule has 0 fully saturated rings. The van der Waals surface area contributed by atoms with E-state index >= 15 is 0 Å². The largest absolute Gasteiger partial charge is 0.508 e. The number of sulfone groups is 1. The summed E-state index contributed by atoms with van der Waals surface area (Å²) in [7, 11) is -3.44. The first-order valence-corrected chi connectivity index (χ1v) is 6.25. The van der Waals surface area contributed by atoms with Crippen LogP contribution in [0.3, 0.4) is 0 Å². The number of hydrogen-bond acceptors (Lipinski definition) is 3. The Hall–Kier alpha value is -0.550. The average Bonchev–Trinajstić information content (AvgIpc) is 2.02. The zero-order valence-corrected chi connectivity index (χ0v) is 10.3. The van der Waals surface area contributed by atoms with Crippen LogP contribution in [0.4, 0.5) is 0 Å². The van der Waals surface area contributed by atoms with Crippen LogP contribution < -0.4 is 0 Å². The molecule has 0 radical (unpaired) electrons. The molecule has 0 atom stereocenters. The van der Waals surface area contributed by atoms with Gasteiger partial charge in [0.15, 0.2) is 9.84 Å². The fourth-order valence-electron chi connectivity index (χ4n) is 0.931. The topological polar surface area (TPSA) is 54.4 Å². The highest BCUT2D eigenvalue weighted by atomic mass is 79.9. The van der Waals surface area contributed by atoms with E-state index in [1.807, 2.05) is 0 Å². The monoisotopic (exact) mass is 278 g/mol. The zero-order chi connectivity index (χ0) is 11.0. The smallest absolute Gasteiger partial charge is 0.193 e. The number of benzene rings is 1. The van der Waals surface area contributed by atoms with Crippen LogP contribution in [0.1, 0.15) is 13.8 Å². The predicted molar refractivity (Wildman–Crippen MR) is 58.3 cm³/mol. The van der Waals surface area contributed by atoms with Gasteiger partial charge >= 0.3 is 0 Å². The zero-order valence-electron chi connectivity index (χ0n) is 7.86. The highest BCUT2D eigenvalue weighted by Gasteiger charge is 2.32. The second-order valence-corrected chi connectivity index (χ2v) is 8.37. The Morgan fingerprint density at radius 1 is 1.36 bits per heavy atom. The highest BCUT2D eigenvalue weighted by molar-refractivity contribution is 9.11. The Morgan fingerprint density at radius 3 is 2.36 bits per heavy atom. The minimum Gasteiger partial charge on any atom is -0.508 e. The van der Waals surface area contributed by atoms with E-state index in [4.69, 9.17) is 5.11 Å². The van der Waals surface area contributed by atoms with Gasteiger partial charge in [-0.05, 0) is 32.0 Å². The molecule has 0 amide bonds. The maximum atomic E-state index is 11.8. The summed E-state index contributed by atoms with van der Waals surface area (Å²) >= 11 is 3.09. The predicted octanol–water partition coefficient (Wildman–Crippen LogP) is 2.30. The van der Waals surface area contributed by atoms with Crippen molar-refractivity contribution in [2.45, 2.75) is 22.4 Å². The first-order valence-electron chi connectivity index (χ1n) is 3.98. The SMILES string of the molecule is CC(C)(Br)S(=O)(=O)c1cccc(O)c1. The molecular formula is C9H11BrO3S. The molecule has 3 nitrogen and oxygen atoms in total. The van der Waals surface area contributed by atoms with Crippen molar-refractivity contribution >= 4 is 25.8 Å². The van der Waals surface area contributed by atoms with Crippen LogP contribution in [0.15, 0.2) is 29.2 Å². The van der Waals surface area contributed by atoms with E-state index in [1.54, 1.807) is 13.8 Å². The minimum absolute atomic E-state index is 0.0529. The van der Waals surface area contributed by atoms with Crippen molar-refractivity contribution < 1.29 is 13.5 Å². The Morgan fingerprint density at radius 2 is 1.93 bits per heavy atom. The van der Waals surface area contributed by atoms with Crippen molar-refractivity contribution in [1.82, 2.24) is 0 Å². The molecule has 0 aliphatic carbocycles. The number of alkyl halides is 1. The molecule has 1 aromatic rings. The Labute approximate surface area is 91.8 Å². The molecule has 0 heterocycles. The Bertz CT molecular complexity index is 432. The standard InChI is InChI=1S/C9H11BrO3S/c1-9(2,10)14(12,13)8-5-3-4-7(11)6-8/h3-6,11H,1-2H3. The molecule has 1 rings (SSSR count). The third kappa shape index (κ3) is 2.09. The van der Waals surface area contributed by atoms with Crippen LogP contribution in [0.5, 0.6) is 5.75 Å². The third-order valence-corrected chi connectivity index (χ3v) is 5.20. The summed E-state index contributed by atoms with van der Waals surface area (Å²) in [6.45, 7) is 3.10. The second-order valence-electron chi connectivity index (χ2n) is 3.36. The summed E-state index contributed by atoms with van der Waals surface area (Å²) in [6, 6.07) is 5.62. The summed E-state index contributed by atoms with van der Waals surface area (Å²) in [5.74, 6) is -0.0529. The van der Waals surface area contributed by atoms with Gasteiger partial charge in [0.1, 0.15) is 9.41 Å². The van der Waals surface area contributed by atoms with E-state index in [1.165, 1.54) is 24.3 Å². The summed E-state index contributed by atoms with van der Waals surface area (Å²) in [5.41, 5.74) is 0. The van der Waals surface area contributed by atoms with Crippen LogP contribution in [0.25, 0.3) is 0 Å². The Balaban J connectivity index is 3.32. The summed E-state index contributed by atoms with van der Waals surface area (Å²) < 4.78 is 22.7. The second kappa shape index (κ2) is 3.55. The molecule has 1 N–H and O–H groups in total. The normalized spacial score (nSPS) is 12.8. The summed E-state index contributed by atoms with van der Waals surface area (Å²) in [4.78, 5) is 0.111. The minimum atomic E-state index is -3.44. The van der Waals surface area contributed by atoms with Crippen molar-refractivity contribution in [2.75, 3.05) is 0 Å². The van der Waals surface area contributed by atoms with E-state index in [-0.39, 0.29) is 10.6 Å². The quantitative estimate of drug-likeness (QED) is 0.845. The van der Waals surface area contributed by atoms with E-state index in [0.717, 1.165) is 0 Å². The van der Waals surface area contributed by atoms with Gasteiger partial charge in [-0.1, -0.05) is 22.0 Å².